The molecule has 5 nitrogen and oxygen atoms in total. The molecule has 0 bridgehead atoms. The molecule has 1 aromatic rings. The molecule has 0 spiro atoms. The van der Waals surface area contributed by atoms with E-state index in [2.05, 4.69) is 10.2 Å². The second-order valence-electron chi connectivity index (χ2n) is 2.30. The highest BCUT2D eigenvalue weighted by Crippen LogP contribution is 1.90. The molecule has 0 aliphatic carbocycles. The van der Waals surface area contributed by atoms with E-state index in [1.54, 1.807) is 4.57 Å². The Morgan fingerprint density at radius 3 is 3.00 bits per heavy atom. The maximum atomic E-state index is 11.0. The molecule has 1 rings (SSSR count). The van der Waals surface area contributed by atoms with Gasteiger partial charge in [-0.15, -0.1) is 0 Å². The van der Waals surface area contributed by atoms with Crippen LogP contribution in [0.5, 0.6) is 0 Å². The van der Waals surface area contributed by atoms with Crippen molar-refractivity contribution in [3.05, 3.63) is 16.3 Å². The van der Waals surface area contributed by atoms with Crippen molar-refractivity contribution in [3.63, 3.8) is 0 Å². The van der Waals surface area contributed by atoms with Gasteiger partial charge in [-0.2, -0.15) is 5.10 Å². The fourth-order valence-electron chi connectivity index (χ4n) is 0.960. The van der Waals surface area contributed by atoms with E-state index in [0.717, 1.165) is 6.42 Å². The fourth-order valence-corrected chi connectivity index (χ4v) is 0.960. The van der Waals surface area contributed by atoms with E-state index in [-0.39, 0.29) is 5.69 Å². The Balaban J connectivity index is 2.97. The van der Waals surface area contributed by atoms with Gasteiger partial charge in [-0.3, -0.25) is 4.57 Å². The van der Waals surface area contributed by atoms with Crippen LogP contribution >= 0.6 is 0 Å². The first-order chi connectivity index (χ1) is 5.29. The highest BCUT2D eigenvalue weighted by atomic mass is 16.1. The highest BCUT2D eigenvalue weighted by Gasteiger charge is 2.03. The van der Waals surface area contributed by atoms with E-state index < -0.39 is 0 Å². The summed E-state index contributed by atoms with van der Waals surface area (Å²) in [6, 6.07) is 0. The van der Waals surface area contributed by atoms with Crippen molar-refractivity contribution in [2.75, 3.05) is 0 Å². The molecular weight excluding hydrogens is 144 g/mol. The van der Waals surface area contributed by atoms with Crippen LogP contribution in [0.25, 0.3) is 0 Å². The highest BCUT2D eigenvalue weighted by molar-refractivity contribution is 4.84. The summed E-state index contributed by atoms with van der Waals surface area (Å²) in [5.74, 6) is 0.622. The van der Waals surface area contributed by atoms with E-state index in [4.69, 9.17) is 5.73 Å². The number of H-pyrrole nitrogens is 1. The molecule has 0 aliphatic rings. The Labute approximate surface area is 64.2 Å². The molecule has 0 aliphatic heterocycles. The van der Waals surface area contributed by atoms with Crippen molar-refractivity contribution in [1.82, 2.24) is 14.8 Å². The van der Waals surface area contributed by atoms with Gasteiger partial charge in [0.15, 0.2) is 0 Å². The topological polar surface area (TPSA) is 76.7 Å². The monoisotopic (exact) mass is 156 g/mol. The number of aromatic amines is 1. The molecule has 3 N–H and O–H groups in total. The molecule has 0 fully saturated rings. The molecule has 0 aromatic carbocycles. The molecule has 0 radical (unpaired) electrons. The molecule has 0 atom stereocenters. The SMILES string of the molecule is CCCn1c(CN)n[nH]c1=O. The van der Waals surface area contributed by atoms with Gasteiger partial charge >= 0.3 is 5.69 Å². The standard InChI is InChI=1S/C6H12N4O/c1-2-3-10-5(4-7)8-9-6(10)11/h2-4,7H2,1H3,(H,9,11). The summed E-state index contributed by atoms with van der Waals surface area (Å²) in [6.45, 7) is 2.99. The van der Waals surface area contributed by atoms with Gasteiger partial charge in [0.1, 0.15) is 5.82 Å². The Morgan fingerprint density at radius 1 is 1.73 bits per heavy atom. The van der Waals surface area contributed by atoms with E-state index >= 15 is 0 Å². The van der Waals surface area contributed by atoms with Gasteiger partial charge in [0.2, 0.25) is 0 Å². The van der Waals surface area contributed by atoms with Gasteiger partial charge in [0.25, 0.3) is 0 Å². The van der Waals surface area contributed by atoms with Crippen LogP contribution in [0, 0.1) is 0 Å². The van der Waals surface area contributed by atoms with Gasteiger partial charge in [-0.05, 0) is 6.42 Å². The van der Waals surface area contributed by atoms with Gasteiger partial charge in [-0.25, -0.2) is 9.89 Å². The van der Waals surface area contributed by atoms with E-state index in [0.29, 0.717) is 18.9 Å². The molecule has 11 heavy (non-hydrogen) atoms. The minimum Gasteiger partial charge on any atom is -0.324 e. The molecule has 0 saturated carbocycles. The second-order valence-corrected chi connectivity index (χ2v) is 2.30. The largest absolute Gasteiger partial charge is 0.343 e. The van der Waals surface area contributed by atoms with Gasteiger partial charge in [0, 0.05) is 6.54 Å². The summed E-state index contributed by atoms with van der Waals surface area (Å²) in [5.41, 5.74) is 5.18. The summed E-state index contributed by atoms with van der Waals surface area (Å²) < 4.78 is 1.56. The maximum Gasteiger partial charge on any atom is 0.343 e. The number of hydrogen-bond acceptors (Lipinski definition) is 3. The number of rotatable bonds is 3. The van der Waals surface area contributed by atoms with Gasteiger partial charge in [0.05, 0.1) is 6.54 Å². The predicted molar refractivity (Wildman–Crippen MR) is 41.0 cm³/mol. The zero-order valence-corrected chi connectivity index (χ0v) is 6.50. The Hall–Kier alpha value is -1.10. The zero-order chi connectivity index (χ0) is 8.27. The number of hydrogen-bond donors (Lipinski definition) is 2. The first kappa shape index (κ1) is 8.00. The third kappa shape index (κ3) is 1.48. The predicted octanol–water partition coefficient (Wildman–Crippen LogP) is -0.560. The quantitative estimate of drug-likeness (QED) is 0.615. The van der Waals surface area contributed by atoms with Crippen LogP contribution in [0.4, 0.5) is 0 Å². The molecular formula is C6H12N4O. The van der Waals surface area contributed by atoms with Crippen LogP contribution < -0.4 is 11.4 Å². The van der Waals surface area contributed by atoms with Crippen molar-refractivity contribution in [2.45, 2.75) is 26.4 Å². The lowest BCUT2D eigenvalue weighted by Gasteiger charge is -1.99. The minimum atomic E-state index is -0.174. The number of aromatic nitrogens is 3. The lowest BCUT2D eigenvalue weighted by atomic mass is 10.4. The third-order valence-corrected chi connectivity index (χ3v) is 1.47. The van der Waals surface area contributed by atoms with E-state index in [1.165, 1.54) is 0 Å². The molecule has 0 unspecified atom stereocenters. The lowest BCUT2D eigenvalue weighted by molar-refractivity contribution is 0.621. The average Bonchev–Trinajstić information content (AvgIpc) is 2.34. The maximum absolute atomic E-state index is 11.0. The fraction of sp³-hybridized carbons (Fsp3) is 0.667. The Morgan fingerprint density at radius 2 is 2.45 bits per heavy atom. The van der Waals surface area contributed by atoms with Crippen molar-refractivity contribution in [3.8, 4) is 0 Å². The lowest BCUT2D eigenvalue weighted by Crippen LogP contribution is -2.19. The van der Waals surface area contributed by atoms with Crippen LogP contribution in [-0.4, -0.2) is 14.8 Å². The Kier molecular flexibility index (Phi) is 2.43. The minimum absolute atomic E-state index is 0.174. The number of nitrogens with one attached hydrogen (secondary N) is 1. The zero-order valence-electron chi connectivity index (χ0n) is 6.50. The first-order valence-electron chi connectivity index (χ1n) is 3.63. The molecule has 1 heterocycles. The van der Waals surface area contributed by atoms with Crippen LogP contribution in [0.1, 0.15) is 19.2 Å². The Bertz CT molecular complexity index is 274. The summed E-state index contributed by atoms with van der Waals surface area (Å²) in [6.07, 6.45) is 0.909. The van der Waals surface area contributed by atoms with Crippen molar-refractivity contribution in [1.29, 1.82) is 0 Å². The summed E-state index contributed by atoms with van der Waals surface area (Å²) in [7, 11) is 0. The van der Waals surface area contributed by atoms with Crippen molar-refractivity contribution < 1.29 is 0 Å². The van der Waals surface area contributed by atoms with Crippen LogP contribution in [0.3, 0.4) is 0 Å². The van der Waals surface area contributed by atoms with Crippen molar-refractivity contribution in [2.24, 2.45) is 5.73 Å². The molecule has 0 saturated heterocycles. The number of nitrogens with two attached hydrogens (primary N) is 1. The third-order valence-electron chi connectivity index (χ3n) is 1.47. The molecule has 1 aromatic heterocycles. The molecule has 5 heteroatoms. The van der Waals surface area contributed by atoms with Crippen LogP contribution in [0.15, 0.2) is 4.79 Å². The van der Waals surface area contributed by atoms with Gasteiger partial charge in [-0.1, -0.05) is 6.92 Å². The first-order valence-corrected chi connectivity index (χ1v) is 3.63. The van der Waals surface area contributed by atoms with Gasteiger partial charge < -0.3 is 5.73 Å². The van der Waals surface area contributed by atoms with E-state index in [9.17, 15) is 4.79 Å². The van der Waals surface area contributed by atoms with Crippen LogP contribution in [0.2, 0.25) is 0 Å². The molecule has 0 amide bonds. The molecule has 62 valence electrons. The summed E-state index contributed by atoms with van der Waals surface area (Å²) >= 11 is 0. The second kappa shape index (κ2) is 3.34. The normalized spacial score (nSPS) is 10.4. The average molecular weight is 156 g/mol. The van der Waals surface area contributed by atoms with Crippen molar-refractivity contribution >= 4 is 0 Å². The number of nitrogens with zero attached hydrogens (tertiary/aromatic N) is 2. The summed E-state index contributed by atoms with van der Waals surface area (Å²) in [4.78, 5) is 11.0. The summed E-state index contributed by atoms with van der Waals surface area (Å²) in [5, 5.41) is 6.10. The van der Waals surface area contributed by atoms with E-state index in [1.807, 2.05) is 6.92 Å². The van der Waals surface area contributed by atoms with Crippen LogP contribution in [-0.2, 0) is 13.1 Å². The smallest absolute Gasteiger partial charge is 0.324 e.